The normalized spacial score (nSPS) is 26.2. The van der Waals surface area contributed by atoms with E-state index in [9.17, 15) is 27.6 Å². The van der Waals surface area contributed by atoms with Crippen molar-refractivity contribution in [2.24, 2.45) is 5.92 Å². The Morgan fingerprint density at radius 2 is 1.78 bits per heavy atom. The molecule has 0 unspecified atom stereocenters. The zero-order valence-electron chi connectivity index (χ0n) is 29.3. The first-order chi connectivity index (χ1) is 26.1. The molecule has 8 rings (SSSR count). The van der Waals surface area contributed by atoms with Crippen molar-refractivity contribution in [1.29, 1.82) is 0 Å². The van der Waals surface area contributed by atoms with Crippen molar-refractivity contribution in [2.45, 2.75) is 86.8 Å². The van der Waals surface area contributed by atoms with Crippen LogP contribution in [0.4, 0.5) is 0 Å². The van der Waals surface area contributed by atoms with Crippen molar-refractivity contribution in [3.05, 3.63) is 73.2 Å². The number of hydrogen-bond donors (Lipinski definition) is 3. The number of nitrogens with zero attached hydrogens (tertiary/aromatic N) is 6. The first-order valence-corrected chi connectivity index (χ1v) is 19.7. The number of benzene rings is 1. The fraction of sp³-hybridized carbons (Fsp3) is 0.432. The zero-order chi connectivity index (χ0) is 37.5. The number of pyridine rings is 1. The number of carbonyl (C=O) groups is 4. The van der Waals surface area contributed by atoms with Crippen molar-refractivity contribution < 1.29 is 32.3 Å². The van der Waals surface area contributed by atoms with E-state index >= 15 is 0 Å². The number of allylic oxidation sites excluding steroid dienone is 1. The number of aromatic nitrogens is 5. The van der Waals surface area contributed by atoms with Crippen LogP contribution in [0, 0.1) is 5.92 Å². The van der Waals surface area contributed by atoms with E-state index in [0.29, 0.717) is 43.1 Å². The minimum absolute atomic E-state index is 0.0283. The Hall–Kier alpha value is -5.58. The fourth-order valence-electron chi connectivity index (χ4n) is 7.42. The van der Waals surface area contributed by atoms with E-state index in [1.165, 1.54) is 29.8 Å². The van der Waals surface area contributed by atoms with Crippen LogP contribution in [-0.4, -0.2) is 97.4 Å². The molecule has 2 saturated carbocycles. The molecule has 1 saturated heterocycles. The third kappa shape index (κ3) is 7.07. The van der Waals surface area contributed by atoms with Gasteiger partial charge in [-0.25, -0.2) is 28.4 Å². The van der Waals surface area contributed by atoms with Gasteiger partial charge >= 0.3 is 0 Å². The first-order valence-electron chi connectivity index (χ1n) is 18.2. The summed E-state index contributed by atoms with van der Waals surface area (Å²) in [5.74, 6) is -2.67. The average molecular weight is 754 g/mol. The van der Waals surface area contributed by atoms with Crippen LogP contribution in [0.25, 0.3) is 21.8 Å². The largest absolute Gasteiger partial charge is 0.472 e. The summed E-state index contributed by atoms with van der Waals surface area (Å²) in [5.41, 5.74) is -1.02. The summed E-state index contributed by atoms with van der Waals surface area (Å²) >= 11 is 0. The molecule has 0 bridgehead atoms. The van der Waals surface area contributed by atoms with Gasteiger partial charge in [0.2, 0.25) is 27.7 Å². The number of hydrogen-bond acceptors (Lipinski definition) is 12. The topological polar surface area (TPSA) is 215 Å². The number of rotatable bonds is 7. The lowest BCUT2D eigenvalue weighted by Crippen LogP contribution is -2.58. The van der Waals surface area contributed by atoms with Crippen molar-refractivity contribution in [2.75, 3.05) is 6.54 Å². The molecule has 2 aliphatic carbocycles. The average Bonchev–Trinajstić information content (AvgIpc) is 4.11. The lowest BCUT2D eigenvalue weighted by molar-refractivity contribution is -0.141. The van der Waals surface area contributed by atoms with E-state index in [1.54, 1.807) is 6.20 Å². The van der Waals surface area contributed by atoms with Crippen molar-refractivity contribution in [3.8, 4) is 5.88 Å². The maximum Gasteiger partial charge on any atom is 0.270 e. The SMILES string of the molecule is O=C(N[C@H]1CCCCCC=C[C@@H]2C[C@@]2(C(=O)NS(=O)(=O)C2CC2)NC(=O)[C@@H]2C[C@@H](Oc3nc4ncncc4c4ccccc34)CN2C1=O)c1ccncn1. The fourth-order valence-corrected chi connectivity index (χ4v) is 8.78. The van der Waals surface area contributed by atoms with Gasteiger partial charge in [-0.1, -0.05) is 43.2 Å². The molecule has 3 aromatic heterocycles. The van der Waals surface area contributed by atoms with E-state index in [1.807, 2.05) is 36.4 Å². The Balaban J connectivity index is 1.12. The Morgan fingerprint density at radius 3 is 2.57 bits per heavy atom. The number of sulfonamides is 1. The Labute approximate surface area is 310 Å². The predicted octanol–water partition coefficient (Wildman–Crippen LogP) is 2.12. The molecule has 2 aliphatic heterocycles. The van der Waals surface area contributed by atoms with E-state index < -0.39 is 68.5 Å². The highest BCUT2D eigenvalue weighted by Gasteiger charge is 2.62. The predicted molar refractivity (Wildman–Crippen MR) is 194 cm³/mol. The van der Waals surface area contributed by atoms with Crippen molar-refractivity contribution in [1.82, 2.24) is 45.2 Å². The molecule has 1 aromatic carbocycles. The molecule has 5 heterocycles. The van der Waals surface area contributed by atoms with Crippen LogP contribution in [0.3, 0.4) is 0 Å². The standard InChI is InChI=1S/C37H39N9O7S/c47-32(28-14-15-38-20-40-28)42-29-11-5-3-1-2-4-8-22-17-37(22,36(50)45-54(51,52)24-12-13-24)44-33(48)30-16-23(19-46(30)35(29)49)53-34-26-10-7-6-9-25(26)27-18-39-21-41-31(27)43-34/h4,6-10,14-15,18,20-24,29-30H,1-3,5,11-13,16-17,19H2,(H,42,47)(H,44,48)(H,45,50)/t22-,23-,29+,30+,37-/m1/s1. The molecule has 3 N–H and O–H groups in total. The van der Waals surface area contributed by atoms with Gasteiger partial charge in [0.25, 0.3) is 11.8 Å². The maximum absolute atomic E-state index is 14.6. The second-order valence-corrected chi connectivity index (χ2v) is 16.3. The van der Waals surface area contributed by atoms with Gasteiger partial charge in [-0.2, -0.15) is 4.98 Å². The highest BCUT2D eigenvalue weighted by Crippen LogP contribution is 2.46. The molecule has 17 heteroatoms. The minimum atomic E-state index is -3.90. The van der Waals surface area contributed by atoms with Gasteiger partial charge in [0, 0.05) is 35.5 Å². The molecule has 5 atom stereocenters. The van der Waals surface area contributed by atoms with E-state index in [4.69, 9.17) is 4.74 Å². The molecule has 280 valence electrons. The summed E-state index contributed by atoms with van der Waals surface area (Å²) in [5, 5.41) is 7.31. The van der Waals surface area contributed by atoms with Gasteiger partial charge in [0.1, 0.15) is 42.1 Å². The molecule has 4 amide bonds. The molecule has 4 aromatic rings. The monoisotopic (exact) mass is 753 g/mol. The summed E-state index contributed by atoms with van der Waals surface area (Å²) in [6.45, 7) is -0.0345. The second kappa shape index (κ2) is 14.3. The third-order valence-corrected chi connectivity index (χ3v) is 12.4. The molecule has 3 fully saturated rings. The van der Waals surface area contributed by atoms with Crippen LogP contribution in [0.5, 0.6) is 5.88 Å². The first kappa shape index (κ1) is 35.4. The lowest BCUT2D eigenvalue weighted by Gasteiger charge is -2.29. The number of carbonyl (C=O) groups excluding carboxylic acids is 4. The molecule has 4 aliphatic rings. The molecular formula is C37H39N9O7S. The zero-order valence-corrected chi connectivity index (χ0v) is 30.1. The van der Waals surface area contributed by atoms with E-state index in [-0.39, 0.29) is 31.0 Å². The molecule has 54 heavy (non-hydrogen) atoms. The van der Waals surface area contributed by atoms with Crippen LogP contribution in [0.1, 0.15) is 68.3 Å². The molecule has 0 radical (unpaired) electrons. The summed E-state index contributed by atoms with van der Waals surface area (Å²) in [4.78, 5) is 78.5. The highest BCUT2D eigenvalue weighted by molar-refractivity contribution is 7.91. The number of fused-ring (bicyclic) bond motifs is 5. The number of nitrogens with one attached hydrogen (secondary N) is 3. The minimum Gasteiger partial charge on any atom is -0.472 e. The van der Waals surface area contributed by atoms with Crippen LogP contribution in [-0.2, 0) is 24.4 Å². The summed E-state index contributed by atoms with van der Waals surface area (Å²) < 4.78 is 34.4. The number of amides is 4. The molecule has 0 spiro atoms. The van der Waals surface area contributed by atoms with Crippen molar-refractivity contribution in [3.63, 3.8) is 0 Å². The summed E-state index contributed by atoms with van der Waals surface area (Å²) in [6, 6.07) is 6.80. The quantitative estimate of drug-likeness (QED) is 0.183. The van der Waals surface area contributed by atoms with Crippen LogP contribution < -0.4 is 20.1 Å². The van der Waals surface area contributed by atoms with E-state index in [2.05, 4.69) is 40.3 Å². The third-order valence-electron chi connectivity index (χ3n) is 10.6. The van der Waals surface area contributed by atoms with Gasteiger partial charge in [0.15, 0.2) is 5.65 Å². The maximum atomic E-state index is 14.6. The molecular weight excluding hydrogens is 715 g/mol. The van der Waals surface area contributed by atoms with Crippen LogP contribution in [0.2, 0.25) is 0 Å². The van der Waals surface area contributed by atoms with Gasteiger partial charge < -0.3 is 20.3 Å². The smallest absolute Gasteiger partial charge is 0.270 e. The lowest BCUT2D eigenvalue weighted by atomic mass is 10.0. The van der Waals surface area contributed by atoms with Crippen LogP contribution >= 0.6 is 0 Å². The van der Waals surface area contributed by atoms with Crippen molar-refractivity contribution >= 4 is 55.5 Å². The summed E-state index contributed by atoms with van der Waals surface area (Å²) in [6.07, 6.45) is 13.1. The Kier molecular flexibility index (Phi) is 9.41. The second-order valence-electron chi connectivity index (χ2n) is 14.3. The van der Waals surface area contributed by atoms with Gasteiger partial charge in [0.05, 0.1) is 11.8 Å². The van der Waals surface area contributed by atoms with Gasteiger partial charge in [-0.3, -0.25) is 23.9 Å². The highest BCUT2D eigenvalue weighted by atomic mass is 32.2. The Bertz CT molecular complexity index is 2270. The summed E-state index contributed by atoms with van der Waals surface area (Å²) in [7, 11) is -3.90. The molecule has 16 nitrogen and oxygen atoms in total. The Morgan fingerprint density at radius 1 is 0.963 bits per heavy atom. The van der Waals surface area contributed by atoms with Gasteiger partial charge in [-0.15, -0.1) is 0 Å². The van der Waals surface area contributed by atoms with Gasteiger partial charge in [-0.05, 0) is 56.0 Å². The van der Waals surface area contributed by atoms with E-state index in [0.717, 1.165) is 23.6 Å². The number of ether oxygens (including phenoxy) is 1. The van der Waals surface area contributed by atoms with Crippen LogP contribution in [0.15, 0.2) is 67.5 Å².